The van der Waals surface area contributed by atoms with Crippen LogP contribution in [0.1, 0.15) is 38.7 Å². The molecule has 0 radical (unpaired) electrons. The van der Waals surface area contributed by atoms with Crippen molar-refractivity contribution >= 4 is 5.78 Å². The Morgan fingerprint density at radius 2 is 2.00 bits per heavy atom. The zero-order valence-corrected chi connectivity index (χ0v) is 10.5. The second-order valence-electron chi connectivity index (χ2n) is 5.25. The van der Waals surface area contributed by atoms with Gasteiger partial charge >= 0.3 is 0 Å². The molecule has 0 amide bonds. The SMILES string of the molecule is CC(=O)[C@H]1[C@H](C)CCC[C@]1(O)c1ccccc1. The van der Waals surface area contributed by atoms with Gasteiger partial charge in [-0.2, -0.15) is 0 Å². The van der Waals surface area contributed by atoms with Gasteiger partial charge in [-0.15, -0.1) is 0 Å². The van der Waals surface area contributed by atoms with Crippen molar-refractivity contribution in [2.45, 2.75) is 38.7 Å². The first kappa shape index (κ1) is 12.3. The van der Waals surface area contributed by atoms with E-state index in [9.17, 15) is 9.90 Å². The summed E-state index contributed by atoms with van der Waals surface area (Å²) < 4.78 is 0. The van der Waals surface area contributed by atoms with Crippen LogP contribution in [0.2, 0.25) is 0 Å². The molecule has 2 rings (SSSR count). The van der Waals surface area contributed by atoms with E-state index >= 15 is 0 Å². The minimum atomic E-state index is -0.967. The summed E-state index contributed by atoms with van der Waals surface area (Å²) in [4.78, 5) is 11.8. The lowest BCUT2D eigenvalue weighted by Crippen LogP contribution is -2.45. The smallest absolute Gasteiger partial charge is 0.136 e. The highest BCUT2D eigenvalue weighted by Gasteiger charge is 2.46. The van der Waals surface area contributed by atoms with Gasteiger partial charge in [-0.25, -0.2) is 0 Å². The molecule has 0 aromatic heterocycles. The van der Waals surface area contributed by atoms with E-state index < -0.39 is 5.60 Å². The maximum Gasteiger partial charge on any atom is 0.136 e. The summed E-state index contributed by atoms with van der Waals surface area (Å²) in [6, 6.07) is 9.62. The molecule has 1 aliphatic rings. The van der Waals surface area contributed by atoms with Crippen molar-refractivity contribution in [2.75, 3.05) is 0 Å². The van der Waals surface area contributed by atoms with E-state index in [4.69, 9.17) is 0 Å². The van der Waals surface area contributed by atoms with Gasteiger partial charge < -0.3 is 5.11 Å². The predicted molar refractivity (Wildman–Crippen MR) is 67.5 cm³/mol. The van der Waals surface area contributed by atoms with Crippen LogP contribution in [0.5, 0.6) is 0 Å². The van der Waals surface area contributed by atoms with Crippen LogP contribution in [0.3, 0.4) is 0 Å². The summed E-state index contributed by atoms with van der Waals surface area (Å²) in [5, 5.41) is 10.9. The van der Waals surface area contributed by atoms with Crippen molar-refractivity contribution in [1.29, 1.82) is 0 Å². The van der Waals surface area contributed by atoms with Gasteiger partial charge in [0, 0.05) is 0 Å². The lowest BCUT2D eigenvalue weighted by Gasteiger charge is -2.42. The molecular formula is C15H20O2. The van der Waals surface area contributed by atoms with Crippen LogP contribution in [-0.4, -0.2) is 10.9 Å². The van der Waals surface area contributed by atoms with Crippen LogP contribution in [0.25, 0.3) is 0 Å². The predicted octanol–water partition coefficient (Wildman–Crippen LogP) is 2.90. The van der Waals surface area contributed by atoms with Gasteiger partial charge in [0.25, 0.3) is 0 Å². The average molecular weight is 232 g/mol. The summed E-state index contributed by atoms with van der Waals surface area (Å²) in [5.41, 5.74) is -0.0862. The molecule has 1 N–H and O–H groups in total. The summed E-state index contributed by atoms with van der Waals surface area (Å²) in [6.07, 6.45) is 2.70. The third kappa shape index (κ3) is 2.14. The van der Waals surface area contributed by atoms with Crippen molar-refractivity contribution in [2.24, 2.45) is 11.8 Å². The molecule has 0 bridgehead atoms. The van der Waals surface area contributed by atoms with Crippen molar-refractivity contribution < 1.29 is 9.90 Å². The first-order valence-corrected chi connectivity index (χ1v) is 6.34. The molecule has 0 spiro atoms. The van der Waals surface area contributed by atoms with Gasteiger partial charge in [0.05, 0.1) is 11.5 Å². The molecule has 92 valence electrons. The number of ketones is 1. The number of aliphatic hydroxyl groups is 1. The van der Waals surface area contributed by atoms with Gasteiger partial charge in [-0.05, 0) is 37.7 Å². The van der Waals surface area contributed by atoms with E-state index in [0.29, 0.717) is 6.42 Å². The minimum absolute atomic E-state index is 0.101. The second kappa shape index (κ2) is 4.61. The summed E-state index contributed by atoms with van der Waals surface area (Å²) in [6.45, 7) is 3.67. The molecule has 1 saturated carbocycles. The molecule has 17 heavy (non-hydrogen) atoms. The van der Waals surface area contributed by atoms with Crippen molar-refractivity contribution in [3.05, 3.63) is 35.9 Å². The third-order valence-corrected chi connectivity index (χ3v) is 4.01. The van der Waals surface area contributed by atoms with Crippen LogP contribution in [0.4, 0.5) is 0 Å². The fraction of sp³-hybridized carbons (Fsp3) is 0.533. The van der Waals surface area contributed by atoms with E-state index in [0.717, 1.165) is 18.4 Å². The fourth-order valence-electron chi connectivity index (χ4n) is 3.27. The molecule has 1 aliphatic carbocycles. The quantitative estimate of drug-likeness (QED) is 0.851. The van der Waals surface area contributed by atoms with Crippen LogP contribution in [-0.2, 0) is 10.4 Å². The molecule has 1 aromatic carbocycles. The van der Waals surface area contributed by atoms with E-state index in [1.807, 2.05) is 30.3 Å². The molecule has 3 atom stereocenters. The fourth-order valence-corrected chi connectivity index (χ4v) is 3.27. The Morgan fingerprint density at radius 3 is 2.59 bits per heavy atom. The van der Waals surface area contributed by atoms with Gasteiger partial charge in [-0.3, -0.25) is 4.79 Å². The molecule has 2 nitrogen and oxygen atoms in total. The Balaban J connectivity index is 2.42. The zero-order chi connectivity index (χ0) is 12.5. The number of Topliss-reactive ketones (excluding diaryl/α,β-unsaturated/α-hetero) is 1. The second-order valence-corrected chi connectivity index (χ2v) is 5.25. The highest BCUT2D eigenvalue weighted by Crippen LogP contribution is 2.44. The Hall–Kier alpha value is -1.15. The Bertz CT molecular complexity index is 399. The molecule has 1 aromatic rings. The maximum absolute atomic E-state index is 11.8. The largest absolute Gasteiger partial charge is 0.384 e. The summed E-state index contributed by atoms with van der Waals surface area (Å²) >= 11 is 0. The summed E-state index contributed by atoms with van der Waals surface area (Å²) in [7, 11) is 0. The third-order valence-electron chi connectivity index (χ3n) is 4.01. The Kier molecular flexibility index (Phi) is 3.34. The molecular weight excluding hydrogens is 212 g/mol. The highest BCUT2D eigenvalue weighted by atomic mass is 16.3. The first-order valence-electron chi connectivity index (χ1n) is 6.34. The van der Waals surface area contributed by atoms with Gasteiger partial charge in [0.1, 0.15) is 5.78 Å². The van der Waals surface area contributed by atoms with Crippen LogP contribution in [0, 0.1) is 11.8 Å². The molecule has 0 unspecified atom stereocenters. The molecule has 0 aliphatic heterocycles. The topological polar surface area (TPSA) is 37.3 Å². The number of carbonyl (C=O) groups excluding carboxylic acids is 1. The van der Waals surface area contributed by atoms with Crippen molar-refractivity contribution in [1.82, 2.24) is 0 Å². The number of benzene rings is 1. The van der Waals surface area contributed by atoms with Crippen LogP contribution < -0.4 is 0 Å². The molecule has 0 saturated heterocycles. The van der Waals surface area contributed by atoms with E-state index in [2.05, 4.69) is 6.92 Å². The number of hydrogen-bond donors (Lipinski definition) is 1. The normalized spacial score (nSPS) is 33.4. The van der Waals surface area contributed by atoms with Gasteiger partial charge in [-0.1, -0.05) is 37.3 Å². The maximum atomic E-state index is 11.8. The Morgan fingerprint density at radius 1 is 1.35 bits per heavy atom. The molecule has 2 heteroatoms. The molecule has 1 fully saturated rings. The monoisotopic (exact) mass is 232 g/mol. The van der Waals surface area contributed by atoms with E-state index in [-0.39, 0.29) is 17.6 Å². The Labute approximate surface area is 103 Å². The standard InChI is InChI=1S/C15H20O2/c1-11-7-6-10-15(17,14(11)12(2)16)13-8-4-3-5-9-13/h3-5,8-9,11,14,17H,6-7,10H2,1-2H3/t11-,14-,15+/m1/s1. The minimum Gasteiger partial charge on any atom is -0.384 e. The number of carbonyl (C=O) groups is 1. The van der Waals surface area contributed by atoms with Crippen molar-refractivity contribution in [3.63, 3.8) is 0 Å². The van der Waals surface area contributed by atoms with Gasteiger partial charge in [0.15, 0.2) is 0 Å². The van der Waals surface area contributed by atoms with Gasteiger partial charge in [0.2, 0.25) is 0 Å². The number of hydrogen-bond acceptors (Lipinski definition) is 2. The lowest BCUT2D eigenvalue weighted by molar-refractivity contribution is -0.140. The highest BCUT2D eigenvalue weighted by molar-refractivity contribution is 5.80. The zero-order valence-electron chi connectivity index (χ0n) is 10.5. The van der Waals surface area contributed by atoms with Crippen molar-refractivity contribution in [3.8, 4) is 0 Å². The summed E-state index contributed by atoms with van der Waals surface area (Å²) in [5.74, 6) is 0.0914. The molecule has 0 heterocycles. The lowest BCUT2D eigenvalue weighted by atomic mass is 9.65. The van der Waals surface area contributed by atoms with E-state index in [1.165, 1.54) is 0 Å². The number of rotatable bonds is 2. The van der Waals surface area contributed by atoms with E-state index in [1.54, 1.807) is 6.92 Å². The van der Waals surface area contributed by atoms with Crippen LogP contribution >= 0.6 is 0 Å². The van der Waals surface area contributed by atoms with Crippen LogP contribution in [0.15, 0.2) is 30.3 Å². The first-order chi connectivity index (χ1) is 8.05. The average Bonchev–Trinajstić information content (AvgIpc) is 2.29.